The molecule has 2 fully saturated rings. The average molecular weight is 310 g/mol. The molecule has 1 aromatic rings. The Hall–Kier alpha value is -1.03. The van der Waals surface area contributed by atoms with Crippen LogP contribution in [0.2, 0.25) is 0 Å². The number of alkyl halides is 1. The molecule has 0 N–H and O–H groups in total. The van der Waals surface area contributed by atoms with Gasteiger partial charge in [-0.3, -0.25) is 0 Å². The first kappa shape index (κ1) is 12.0. The number of halogens is 1. The number of ether oxygens (including phenoxy) is 1. The highest BCUT2D eigenvalue weighted by atomic mass is 79.9. The summed E-state index contributed by atoms with van der Waals surface area (Å²) in [7, 11) is 0. The molecule has 0 spiro atoms. The van der Waals surface area contributed by atoms with Crippen molar-refractivity contribution < 1.29 is 9.53 Å². The Bertz CT molecular complexity index is 437. The lowest BCUT2D eigenvalue weighted by molar-refractivity contribution is 0.0860. The van der Waals surface area contributed by atoms with Crippen LogP contribution in [-0.4, -0.2) is 28.4 Å². The first-order valence-electron chi connectivity index (χ1n) is 6.39. The molecule has 1 aliphatic heterocycles. The van der Waals surface area contributed by atoms with Crippen LogP contribution in [0.5, 0.6) is 0 Å². The first-order chi connectivity index (χ1) is 8.77. The third-order valence-electron chi connectivity index (χ3n) is 3.77. The number of likely N-dealkylation sites (tertiary alicyclic amines) is 1. The average Bonchev–Trinajstić information content (AvgIpc) is 3.09. The topological polar surface area (TPSA) is 29.5 Å². The van der Waals surface area contributed by atoms with E-state index in [2.05, 4.69) is 15.9 Å². The third kappa shape index (κ3) is 2.26. The highest BCUT2D eigenvalue weighted by Gasteiger charge is 2.55. The number of benzene rings is 1. The van der Waals surface area contributed by atoms with Crippen molar-refractivity contribution in [3.05, 3.63) is 35.9 Å². The molecule has 2 aliphatic rings. The van der Waals surface area contributed by atoms with E-state index in [-0.39, 0.29) is 6.09 Å². The van der Waals surface area contributed by atoms with Gasteiger partial charge in [0.1, 0.15) is 6.61 Å². The van der Waals surface area contributed by atoms with Gasteiger partial charge >= 0.3 is 6.09 Å². The van der Waals surface area contributed by atoms with Crippen LogP contribution in [-0.2, 0) is 11.3 Å². The van der Waals surface area contributed by atoms with Crippen LogP contribution < -0.4 is 0 Å². The third-order valence-corrected chi connectivity index (χ3v) is 4.99. The van der Waals surface area contributed by atoms with Gasteiger partial charge in [-0.1, -0.05) is 46.3 Å². The van der Waals surface area contributed by atoms with E-state index in [1.807, 2.05) is 35.2 Å². The van der Waals surface area contributed by atoms with Crippen LogP contribution >= 0.6 is 15.9 Å². The molecule has 1 heterocycles. The molecule has 3 atom stereocenters. The number of carbonyl (C=O) groups excluding carboxylic acids is 1. The summed E-state index contributed by atoms with van der Waals surface area (Å²) in [6.07, 6.45) is 2.14. The molecule has 1 saturated heterocycles. The van der Waals surface area contributed by atoms with Gasteiger partial charge < -0.3 is 9.64 Å². The molecule has 3 nitrogen and oxygen atoms in total. The zero-order chi connectivity index (χ0) is 12.5. The fourth-order valence-corrected chi connectivity index (χ4v) is 3.79. The van der Waals surface area contributed by atoms with Crippen molar-refractivity contribution in [2.75, 3.05) is 6.54 Å². The van der Waals surface area contributed by atoms with Crippen LogP contribution in [0, 0.1) is 5.92 Å². The van der Waals surface area contributed by atoms with E-state index >= 15 is 0 Å². The maximum atomic E-state index is 12.0. The van der Waals surface area contributed by atoms with Crippen LogP contribution in [0.3, 0.4) is 0 Å². The summed E-state index contributed by atoms with van der Waals surface area (Å²) >= 11 is 3.63. The lowest BCUT2D eigenvalue weighted by atomic mass is 10.1. The number of hydrogen-bond donors (Lipinski definition) is 0. The Labute approximate surface area is 115 Å². The molecule has 1 aromatic carbocycles. The van der Waals surface area contributed by atoms with E-state index in [9.17, 15) is 4.79 Å². The molecule has 18 heavy (non-hydrogen) atoms. The van der Waals surface area contributed by atoms with Crippen LogP contribution in [0.15, 0.2) is 30.3 Å². The first-order valence-corrected chi connectivity index (χ1v) is 7.30. The maximum absolute atomic E-state index is 12.0. The van der Waals surface area contributed by atoms with Crippen LogP contribution in [0.4, 0.5) is 4.79 Å². The van der Waals surface area contributed by atoms with Crippen molar-refractivity contribution >= 4 is 22.0 Å². The van der Waals surface area contributed by atoms with E-state index in [1.54, 1.807) is 0 Å². The molecule has 0 radical (unpaired) electrons. The monoisotopic (exact) mass is 309 g/mol. The molecule has 4 heteroatoms. The zero-order valence-corrected chi connectivity index (χ0v) is 11.7. The number of carbonyl (C=O) groups is 1. The van der Waals surface area contributed by atoms with Gasteiger partial charge in [0.25, 0.3) is 0 Å². The number of hydrogen-bond acceptors (Lipinski definition) is 2. The van der Waals surface area contributed by atoms with Gasteiger partial charge in [0, 0.05) is 11.4 Å². The Kier molecular flexibility index (Phi) is 3.29. The summed E-state index contributed by atoms with van der Waals surface area (Å²) < 4.78 is 5.38. The summed E-state index contributed by atoms with van der Waals surface area (Å²) in [5, 5.41) is 0. The molecular formula is C14H16BrNO2. The molecule has 1 amide bonds. The smallest absolute Gasteiger partial charge is 0.410 e. The minimum atomic E-state index is -0.171. The number of piperidine rings is 1. The fraction of sp³-hybridized carbons (Fsp3) is 0.500. The van der Waals surface area contributed by atoms with Crippen molar-refractivity contribution in [2.45, 2.75) is 30.3 Å². The van der Waals surface area contributed by atoms with E-state index in [0.29, 0.717) is 23.4 Å². The molecule has 1 aliphatic carbocycles. The van der Waals surface area contributed by atoms with Gasteiger partial charge in [0.05, 0.1) is 6.04 Å². The second kappa shape index (κ2) is 4.92. The predicted molar refractivity (Wildman–Crippen MR) is 72.6 cm³/mol. The fourth-order valence-electron chi connectivity index (χ4n) is 2.71. The second-order valence-electron chi connectivity index (χ2n) is 4.97. The van der Waals surface area contributed by atoms with Gasteiger partial charge in [-0.2, -0.15) is 0 Å². The summed E-state index contributed by atoms with van der Waals surface area (Å²) in [4.78, 5) is 14.4. The summed E-state index contributed by atoms with van der Waals surface area (Å²) in [5.41, 5.74) is 1.03. The van der Waals surface area contributed by atoms with Crippen molar-refractivity contribution in [1.82, 2.24) is 4.90 Å². The van der Waals surface area contributed by atoms with Gasteiger partial charge in [-0.05, 0) is 24.3 Å². The molecule has 0 unspecified atom stereocenters. The molecule has 3 rings (SSSR count). The quantitative estimate of drug-likeness (QED) is 0.785. The van der Waals surface area contributed by atoms with E-state index < -0.39 is 0 Å². The Morgan fingerprint density at radius 1 is 1.39 bits per heavy atom. The summed E-state index contributed by atoms with van der Waals surface area (Å²) in [6.45, 7) is 1.19. The normalized spacial score (nSPS) is 29.6. The molecule has 0 aromatic heterocycles. The zero-order valence-electron chi connectivity index (χ0n) is 10.1. The number of rotatable bonds is 2. The molecular weight excluding hydrogens is 294 g/mol. The lowest BCUT2D eigenvalue weighted by Crippen LogP contribution is -2.38. The highest BCUT2D eigenvalue weighted by Crippen LogP contribution is 2.48. The second-order valence-corrected chi connectivity index (χ2v) is 6.03. The number of fused-ring (bicyclic) bond motifs is 1. The molecule has 96 valence electrons. The predicted octanol–water partition coefficient (Wildman–Crippen LogP) is 3.18. The minimum absolute atomic E-state index is 0.171. The van der Waals surface area contributed by atoms with Crippen LogP contribution in [0.1, 0.15) is 18.4 Å². The highest BCUT2D eigenvalue weighted by molar-refractivity contribution is 9.09. The van der Waals surface area contributed by atoms with Gasteiger partial charge in [-0.25, -0.2) is 4.79 Å². The number of amides is 1. The van der Waals surface area contributed by atoms with Gasteiger partial charge in [0.15, 0.2) is 0 Å². The lowest BCUT2D eigenvalue weighted by Gasteiger charge is -2.25. The Balaban J connectivity index is 1.56. The number of nitrogens with zero attached hydrogens (tertiary/aromatic N) is 1. The van der Waals surface area contributed by atoms with Crippen molar-refractivity contribution in [3.8, 4) is 0 Å². The van der Waals surface area contributed by atoms with E-state index in [1.165, 1.54) is 6.42 Å². The van der Waals surface area contributed by atoms with Crippen LogP contribution in [0.25, 0.3) is 0 Å². The molecule has 0 bridgehead atoms. The van der Waals surface area contributed by atoms with Crippen molar-refractivity contribution in [1.29, 1.82) is 0 Å². The maximum Gasteiger partial charge on any atom is 0.410 e. The Morgan fingerprint density at radius 3 is 2.94 bits per heavy atom. The van der Waals surface area contributed by atoms with Crippen molar-refractivity contribution in [2.24, 2.45) is 5.92 Å². The minimum Gasteiger partial charge on any atom is -0.445 e. The van der Waals surface area contributed by atoms with E-state index in [0.717, 1.165) is 18.5 Å². The standard InChI is InChI=1S/C14H16BrNO2/c15-12-11-7-4-8-16(13(11)12)14(17)18-9-10-5-2-1-3-6-10/h1-3,5-6,11-13H,4,7-9H2/t11-,12-,13-/m0/s1. The SMILES string of the molecule is O=C(OCc1ccccc1)N1CCC[C@H]2[C@H](Br)[C@H]21. The van der Waals surface area contributed by atoms with Crippen molar-refractivity contribution in [3.63, 3.8) is 0 Å². The summed E-state index contributed by atoms with van der Waals surface area (Å²) in [6, 6.07) is 10.2. The van der Waals surface area contributed by atoms with E-state index in [4.69, 9.17) is 4.74 Å². The van der Waals surface area contributed by atoms with Gasteiger partial charge in [0.2, 0.25) is 0 Å². The Morgan fingerprint density at radius 2 is 2.17 bits per heavy atom. The largest absolute Gasteiger partial charge is 0.445 e. The molecule has 1 saturated carbocycles. The van der Waals surface area contributed by atoms with Gasteiger partial charge in [-0.15, -0.1) is 0 Å². The summed E-state index contributed by atoms with van der Waals surface area (Å²) in [5.74, 6) is 0.642.